The van der Waals surface area contributed by atoms with E-state index in [4.69, 9.17) is 14.6 Å². The quantitative estimate of drug-likeness (QED) is 0.00989. The molecule has 0 aliphatic rings. The number of ether oxygens (including phenoxy) is 2. The minimum absolute atomic E-state index is 0. The van der Waals surface area contributed by atoms with Crippen LogP contribution in [-0.4, -0.2) is 152 Å². The van der Waals surface area contributed by atoms with Gasteiger partial charge in [0.15, 0.2) is 7.05 Å². The minimum Gasteiger partial charge on any atom is -1.00 e. The van der Waals surface area contributed by atoms with Crippen molar-refractivity contribution in [2.45, 2.75) is 34.6 Å². The second-order valence-electron chi connectivity index (χ2n) is 24.8. The van der Waals surface area contributed by atoms with E-state index in [2.05, 4.69) is 92.5 Å². The number of phenols is 6. The van der Waals surface area contributed by atoms with Gasteiger partial charge >= 0.3 is 0 Å². The maximum Gasteiger partial charge on any atom is 0.271 e. The van der Waals surface area contributed by atoms with Crippen LogP contribution in [0.1, 0.15) is 110 Å². The number of quaternary nitrogens is 1. The molecule has 0 fully saturated rings. The molecule has 0 bridgehead atoms. The van der Waals surface area contributed by atoms with Gasteiger partial charge in [-0.15, -0.1) is 0 Å². The Morgan fingerprint density at radius 1 is 0.396 bits per heavy atom. The SMILES string of the molecule is CCN(CC)c1ccc(/C=N/NC(=O)c2ccc(C)cc2)c(O)c1.COc1ccc(/C=N/NC(=O)c2cccc(C)c2)c(O)c1.COc1ccc(/C=N/NC(=O)c2cccc([N+](C)=O)c2)c(O)c1.C[N+](C)(C)c1ccc(C(=O)N/N=C/c2ccccc2O)cc1.Cc1ccc(C(=O)N/N=C/c2ccc(O)cc2O)cc1.[I-]. The van der Waals surface area contributed by atoms with Crippen LogP contribution in [0.5, 0.6) is 46.0 Å². The first-order chi connectivity index (χ1) is 52.6. The van der Waals surface area contributed by atoms with E-state index in [-0.39, 0.29) is 82.1 Å². The monoisotopic (exact) mass is 1620 g/mol. The number of rotatable bonds is 22. The number of hydrogen-bond acceptors (Lipinski definition) is 20. The van der Waals surface area contributed by atoms with Gasteiger partial charge in [0.1, 0.15) is 51.7 Å². The average Bonchev–Trinajstić information content (AvgIpc) is 0.865. The molecule has 27 nitrogen and oxygen atoms in total. The molecule has 11 N–H and O–H groups in total. The molecule has 10 aromatic carbocycles. The van der Waals surface area contributed by atoms with Crippen LogP contribution in [0.2, 0.25) is 0 Å². The van der Waals surface area contributed by atoms with Crippen molar-refractivity contribution >= 4 is 77.7 Å². The van der Waals surface area contributed by atoms with Crippen LogP contribution in [0.3, 0.4) is 0 Å². The topological polar surface area (TPSA) is 370 Å². The summed E-state index contributed by atoms with van der Waals surface area (Å²) in [7, 11) is 10.5. The normalized spacial score (nSPS) is 10.7. The van der Waals surface area contributed by atoms with E-state index in [9.17, 15) is 54.4 Å². The van der Waals surface area contributed by atoms with Crippen molar-refractivity contribution in [1.82, 2.24) is 31.6 Å². The summed E-state index contributed by atoms with van der Waals surface area (Å²) >= 11 is 0. The van der Waals surface area contributed by atoms with Gasteiger partial charge in [0.2, 0.25) is 0 Å². The molecule has 0 aromatic heterocycles. The largest absolute Gasteiger partial charge is 1.00 e. The first-order valence-electron chi connectivity index (χ1n) is 34.0. The second kappa shape index (κ2) is 44.5. The van der Waals surface area contributed by atoms with Crippen molar-refractivity contribution < 1.29 is 92.8 Å². The Labute approximate surface area is 660 Å². The molecule has 5 amide bonds. The van der Waals surface area contributed by atoms with E-state index in [1.54, 1.807) is 127 Å². The lowest BCUT2D eigenvalue weighted by Crippen LogP contribution is -3.00. The van der Waals surface area contributed by atoms with E-state index < -0.39 is 5.91 Å². The highest BCUT2D eigenvalue weighted by Crippen LogP contribution is 2.27. The highest BCUT2D eigenvalue weighted by Gasteiger charge is 2.16. The van der Waals surface area contributed by atoms with E-state index in [0.29, 0.717) is 82.1 Å². The van der Waals surface area contributed by atoms with Crippen molar-refractivity contribution in [1.29, 1.82) is 0 Å². The molecular weight excluding hydrogens is 1530 g/mol. The summed E-state index contributed by atoms with van der Waals surface area (Å²) in [6.45, 7) is 11.7. The fourth-order valence-electron chi connectivity index (χ4n) is 9.41. The predicted octanol–water partition coefficient (Wildman–Crippen LogP) is 9.52. The van der Waals surface area contributed by atoms with Gasteiger partial charge in [-0.1, -0.05) is 71.3 Å². The lowest BCUT2D eigenvalue weighted by Gasteiger charge is -2.23. The summed E-state index contributed by atoms with van der Waals surface area (Å²) in [6.07, 6.45) is 6.85. The second-order valence-corrected chi connectivity index (χ2v) is 24.8. The summed E-state index contributed by atoms with van der Waals surface area (Å²) in [4.78, 5) is 72.9. The number of nitrogens with zero attached hydrogens (tertiary/aromatic N) is 8. The molecule has 0 heterocycles. The number of hydrogen-bond donors (Lipinski definition) is 11. The highest BCUT2D eigenvalue weighted by molar-refractivity contribution is 5.98. The number of nitrogens with one attached hydrogen (secondary N) is 5. The number of aryl methyl sites for hydroxylation is 3. The molecule has 576 valence electrons. The lowest BCUT2D eigenvalue weighted by atomic mass is 10.1. The van der Waals surface area contributed by atoms with Gasteiger partial charge in [-0.25, -0.2) is 27.1 Å². The van der Waals surface area contributed by atoms with E-state index in [1.165, 1.54) is 88.7 Å². The van der Waals surface area contributed by atoms with E-state index >= 15 is 0 Å². The van der Waals surface area contributed by atoms with Crippen LogP contribution >= 0.6 is 0 Å². The number of carbonyl (C=O) groups excluding carboxylic acids is 5. The molecule has 0 aliphatic heterocycles. The number of anilines is 1. The number of nitroso groups, excluding NO2 is 1. The van der Waals surface area contributed by atoms with Crippen molar-refractivity contribution in [2.24, 2.45) is 25.5 Å². The molecule has 0 atom stereocenters. The van der Waals surface area contributed by atoms with Crippen LogP contribution in [-0.2, 0) is 0 Å². The van der Waals surface area contributed by atoms with Gasteiger partial charge in [0, 0.05) is 120 Å². The molecule has 0 radical (unpaired) electrons. The Morgan fingerprint density at radius 3 is 1.13 bits per heavy atom. The minimum atomic E-state index is -0.460. The average molecular weight is 1620 g/mol. The molecule has 0 saturated heterocycles. The van der Waals surface area contributed by atoms with Gasteiger partial charge < -0.3 is 69.0 Å². The van der Waals surface area contributed by atoms with Crippen LogP contribution in [0.25, 0.3) is 0 Å². The van der Waals surface area contributed by atoms with E-state index in [1.807, 2.05) is 75.4 Å². The summed E-state index contributed by atoms with van der Waals surface area (Å²) in [5, 5.41) is 77.1. The number of amides is 5. The molecule has 0 spiro atoms. The summed E-state index contributed by atoms with van der Waals surface area (Å²) in [5.41, 5.74) is 22.4. The lowest BCUT2D eigenvalue weighted by molar-refractivity contribution is -0.428. The summed E-state index contributed by atoms with van der Waals surface area (Å²) < 4.78 is 11.3. The Bertz CT molecular complexity index is 4950. The smallest absolute Gasteiger partial charge is 0.271 e. The molecule has 28 heteroatoms. The number of methoxy groups -OCH3 is 2. The van der Waals surface area contributed by atoms with Gasteiger partial charge in [-0.05, 0) is 162 Å². The molecule has 0 unspecified atom stereocenters. The maximum absolute atomic E-state index is 12.0. The zero-order valence-electron chi connectivity index (χ0n) is 63.0. The Hall–Kier alpha value is -13.6. The third-order valence-electron chi connectivity index (χ3n) is 15.7. The number of benzene rings is 10. The molecule has 10 aromatic rings. The van der Waals surface area contributed by atoms with Gasteiger partial charge in [0.25, 0.3) is 35.2 Å². The number of halogens is 1. The fraction of sp³-hybridized carbons (Fsp3) is 0.157. The number of para-hydroxylation sites is 1. The van der Waals surface area contributed by atoms with E-state index in [0.717, 1.165) is 41.2 Å². The number of hydrazone groups is 5. The summed E-state index contributed by atoms with van der Waals surface area (Å²) in [5.74, 6) is -0.497. The van der Waals surface area contributed by atoms with Crippen molar-refractivity contribution in [2.75, 3.05) is 60.4 Å². The third kappa shape index (κ3) is 29.2. The zero-order valence-corrected chi connectivity index (χ0v) is 65.1. The van der Waals surface area contributed by atoms with Crippen LogP contribution < -0.4 is 70.0 Å². The van der Waals surface area contributed by atoms with Gasteiger partial charge in [-0.3, -0.25) is 28.5 Å². The Morgan fingerprint density at radius 2 is 0.757 bits per heavy atom. The van der Waals surface area contributed by atoms with Crippen LogP contribution in [0.15, 0.2) is 244 Å². The maximum atomic E-state index is 12.0. The number of aromatic hydroxyl groups is 6. The molecule has 10 rings (SSSR count). The van der Waals surface area contributed by atoms with Crippen LogP contribution in [0, 0.1) is 25.7 Å². The third-order valence-corrected chi connectivity index (χ3v) is 15.7. The van der Waals surface area contributed by atoms with Crippen LogP contribution in [0.4, 0.5) is 17.1 Å². The molecule has 111 heavy (non-hydrogen) atoms. The number of carbonyl (C=O) groups is 5. The van der Waals surface area contributed by atoms with Crippen molar-refractivity contribution in [3.63, 3.8) is 0 Å². The zero-order chi connectivity index (χ0) is 80.3. The van der Waals surface area contributed by atoms with Crippen molar-refractivity contribution in [3.8, 4) is 46.0 Å². The molecular formula is C83H89IN13O14+. The fourth-order valence-corrected chi connectivity index (χ4v) is 9.41. The Balaban J connectivity index is 0.000000248. The Kier molecular flexibility index (Phi) is 35.3. The first-order valence-corrected chi connectivity index (χ1v) is 34.0. The highest BCUT2D eigenvalue weighted by atomic mass is 127. The predicted molar refractivity (Wildman–Crippen MR) is 429 cm³/mol. The van der Waals surface area contributed by atoms with Gasteiger partial charge in [0.05, 0.1) is 66.4 Å². The summed E-state index contributed by atoms with van der Waals surface area (Å²) in [6, 6.07) is 61.0. The van der Waals surface area contributed by atoms with Gasteiger partial charge in [-0.2, -0.15) is 25.5 Å². The first kappa shape index (κ1) is 88.0. The molecule has 0 aliphatic carbocycles. The van der Waals surface area contributed by atoms with Crippen molar-refractivity contribution in [3.05, 3.63) is 296 Å². The molecule has 0 saturated carbocycles. The number of phenolic OH excluding ortho intramolecular Hbond substituents is 6. The standard InChI is InChI=1S/C19H23N3O2.C17H19N3O2.C16H15N3O4.C16H16N2O3.C15H14N2O3.HI/c1-4-22(5-2)17-11-10-16(18(23)12-17)13-20-21-19(24)15-8-6-14(3)7-9-15;1-20(2,3)15-10-8-13(9-11-15)17(22)19-18-12-14-6-4-5-7-16(14)21;1-19(22)13-5-3-4-11(8-13)16(21)18-17-10-12-6-7-14(23-2)9-15(12)20;1-11-4-3-5-12(8-11)16(20)18-17-10-13-6-7-14(21-2)9-15(13)19;1-10-2-4-11(5-3-10)15(20)17-16-9-12-6-7-13(18)8-14(12)19;/h6-13,23H,4-5H2,1-3H3,(H,21,24);4-12H,1-3H3,(H-,18,19,21,22);3-10H,1-2H3,(H-,17,18,20,21);3-10,19H,1-2H3,(H,18,20);2-9,18-19H,1H3,(H,17,20);1H/p+1/b20-13+;;;17-10+;16-9+;.